The Morgan fingerprint density at radius 2 is 1.69 bits per heavy atom. The van der Waals surface area contributed by atoms with Crippen molar-refractivity contribution in [3.8, 4) is 11.8 Å². The highest BCUT2D eigenvalue weighted by Crippen LogP contribution is 2.41. The summed E-state index contributed by atoms with van der Waals surface area (Å²) in [6, 6.07) is 19.6. The topological polar surface area (TPSA) is 74.2 Å². The lowest BCUT2D eigenvalue weighted by molar-refractivity contribution is -0.113. The van der Waals surface area contributed by atoms with Gasteiger partial charge >= 0.3 is 0 Å². The van der Waals surface area contributed by atoms with Gasteiger partial charge in [-0.25, -0.2) is 0 Å². The number of thioether (sulfide) groups is 1. The summed E-state index contributed by atoms with van der Waals surface area (Å²) in [7, 11) is 1.58. The van der Waals surface area contributed by atoms with E-state index in [0.717, 1.165) is 28.5 Å². The van der Waals surface area contributed by atoms with Gasteiger partial charge in [-0.05, 0) is 36.8 Å². The lowest BCUT2D eigenvalue weighted by Gasteiger charge is -2.30. The summed E-state index contributed by atoms with van der Waals surface area (Å²) in [6.45, 7) is 4.15. The maximum atomic E-state index is 13.6. The molecule has 1 atom stereocenters. The van der Waals surface area contributed by atoms with E-state index in [1.54, 1.807) is 18.9 Å². The number of anilines is 1. The van der Waals surface area contributed by atoms with E-state index >= 15 is 0 Å². The van der Waals surface area contributed by atoms with Crippen molar-refractivity contribution in [2.75, 3.05) is 18.2 Å². The van der Waals surface area contributed by atoms with Crippen LogP contribution in [0.1, 0.15) is 70.3 Å². The molecular formula is C30H37N3O2S. The number of rotatable bonds is 13. The van der Waals surface area contributed by atoms with Crippen LogP contribution >= 0.6 is 11.8 Å². The Kier molecular flexibility index (Phi) is 11.0. The fraction of sp³-hybridized carbons (Fsp3) is 0.400. The molecule has 190 valence electrons. The van der Waals surface area contributed by atoms with Crippen molar-refractivity contribution in [2.45, 2.75) is 64.7 Å². The smallest absolute Gasteiger partial charge is 0.254 e. The summed E-state index contributed by atoms with van der Waals surface area (Å²) in [5.41, 5.74) is 3.42. The van der Waals surface area contributed by atoms with Crippen molar-refractivity contribution in [1.29, 1.82) is 5.26 Å². The normalized spacial score (nSPS) is 15.3. The van der Waals surface area contributed by atoms with Crippen LogP contribution in [0.3, 0.4) is 0 Å². The first-order valence-corrected chi connectivity index (χ1v) is 13.8. The number of hydrogen-bond donors (Lipinski definition) is 2. The van der Waals surface area contributed by atoms with Gasteiger partial charge in [0, 0.05) is 11.3 Å². The molecule has 1 heterocycles. The highest BCUT2D eigenvalue weighted by Gasteiger charge is 2.34. The minimum atomic E-state index is -0.441. The monoisotopic (exact) mass is 503 g/mol. The molecule has 0 aliphatic carbocycles. The SMILES string of the molecule is CCCCCCCCCSC1=C(C#N)[C@@H](c2ccccc2)C(C(=O)Nc2ccccc2OC)=C(C)N1. The van der Waals surface area contributed by atoms with Crippen molar-refractivity contribution >= 4 is 23.4 Å². The molecule has 6 heteroatoms. The molecule has 0 radical (unpaired) electrons. The zero-order valence-electron chi connectivity index (χ0n) is 21.6. The Morgan fingerprint density at radius 3 is 2.39 bits per heavy atom. The summed E-state index contributed by atoms with van der Waals surface area (Å²) in [5.74, 6) is 0.843. The van der Waals surface area contributed by atoms with Crippen molar-refractivity contribution in [3.05, 3.63) is 82.0 Å². The van der Waals surface area contributed by atoms with Crippen LogP contribution in [0.25, 0.3) is 0 Å². The molecule has 0 saturated heterocycles. The van der Waals surface area contributed by atoms with Gasteiger partial charge in [0.05, 0.1) is 35.4 Å². The number of nitriles is 1. The Labute approximate surface area is 220 Å². The Bertz CT molecular complexity index is 1120. The summed E-state index contributed by atoms with van der Waals surface area (Å²) in [6.07, 6.45) is 8.77. The highest BCUT2D eigenvalue weighted by molar-refractivity contribution is 8.03. The first-order valence-electron chi connectivity index (χ1n) is 12.8. The van der Waals surface area contributed by atoms with E-state index in [1.807, 2.05) is 61.5 Å². The predicted molar refractivity (Wildman–Crippen MR) is 150 cm³/mol. The van der Waals surface area contributed by atoms with Crippen LogP contribution in [0.2, 0.25) is 0 Å². The predicted octanol–water partition coefficient (Wildman–Crippen LogP) is 7.51. The number of hydrogen-bond acceptors (Lipinski definition) is 5. The number of amides is 1. The van der Waals surface area contributed by atoms with E-state index in [0.29, 0.717) is 22.6 Å². The summed E-state index contributed by atoms with van der Waals surface area (Å²) >= 11 is 1.68. The summed E-state index contributed by atoms with van der Waals surface area (Å²) in [5, 5.41) is 17.5. The van der Waals surface area contributed by atoms with Gasteiger partial charge in [0.25, 0.3) is 5.91 Å². The second-order valence-corrected chi connectivity index (χ2v) is 10.1. The zero-order chi connectivity index (χ0) is 25.8. The number of nitrogens with one attached hydrogen (secondary N) is 2. The van der Waals surface area contributed by atoms with Gasteiger partial charge in [0.1, 0.15) is 5.75 Å². The maximum Gasteiger partial charge on any atom is 0.254 e. The standard InChI is InChI=1S/C30H37N3O2S/c1-4-5-6-7-8-9-15-20-36-30-24(21-31)28(23-16-11-10-12-17-23)27(22(2)32-30)29(34)33-25-18-13-14-19-26(25)35-3/h10-14,16-19,28,32H,4-9,15,20H2,1-3H3,(H,33,34)/t28-/m1/s1. The Balaban J connectivity index is 1.81. The number of para-hydroxylation sites is 2. The Morgan fingerprint density at radius 1 is 1.03 bits per heavy atom. The third kappa shape index (κ3) is 7.18. The van der Waals surface area contributed by atoms with E-state index in [-0.39, 0.29) is 5.91 Å². The first kappa shape index (κ1) is 27.4. The molecule has 0 aromatic heterocycles. The number of carbonyl (C=O) groups is 1. The molecule has 3 rings (SSSR count). The van der Waals surface area contributed by atoms with Gasteiger partial charge in [-0.3, -0.25) is 4.79 Å². The number of dihydropyridines is 1. The van der Waals surface area contributed by atoms with Gasteiger partial charge in [0.2, 0.25) is 0 Å². The number of allylic oxidation sites excluding steroid dienone is 2. The molecule has 5 nitrogen and oxygen atoms in total. The molecule has 0 unspecified atom stereocenters. The molecule has 1 aliphatic rings. The van der Waals surface area contributed by atoms with Gasteiger partial charge < -0.3 is 15.4 Å². The Hall–Kier alpha value is -3.17. The van der Waals surface area contributed by atoms with Crippen LogP contribution in [-0.2, 0) is 4.79 Å². The molecule has 36 heavy (non-hydrogen) atoms. The number of methoxy groups -OCH3 is 1. The van der Waals surface area contributed by atoms with Gasteiger partial charge in [0.15, 0.2) is 0 Å². The quantitative estimate of drug-likeness (QED) is 0.277. The number of unbranched alkanes of at least 4 members (excludes halogenated alkanes) is 6. The average Bonchev–Trinajstić information content (AvgIpc) is 2.90. The number of ether oxygens (including phenoxy) is 1. The minimum absolute atomic E-state index is 0.248. The molecule has 1 aliphatic heterocycles. The van der Waals surface area contributed by atoms with Crippen LogP contribution in [0, 0.1) is 11.3 Å². The van der Waals surface area contributed by atoms with Crippen molar-refractivity contribution in [2.24, 2.45) is 0 Å². The lowest BCUT2D eigenvalue weighted by atomic mass is 9.82. The van der Waals surface area contributed by atoms with E-state index in [4.69, 9.17) is 4.74 Å². The lowest BCUT2D eigenvalue weighted by Crippen LogP contribution is -2.30. The van der Waals surface area contributed by atoms with E-state index in [1.165, 1.54) is 38.5 Å². The third-order valence-electron chi connectivity index (χ3n) is 6.37. The van der Waals surface area contributed by atoms with Crippen LogP contribution in [0.15, 0.2) is 76.5 Å². The van der Waals surface area contributed by atoms with Crippen LogP contribution in [0.4, 0.5) is 5.69 Å². The molecule has 0 bridgehead atoms. The summed E-state index contributed by atoms with van der Waals surface area (Å²) < 4.78 is 5.41. The minimum Gasteiger partial charge on any atom is -0.495 e. The number of nitrogens with zero attached hydrogens (tertiary/aromatic N) is 1. The fourth-order valence-corrected chi connectivity index (χ4v) is 5.57. The second-order valence-electron chi connectivity index (χ2n) is 8.99. The molecule has 0 spiro atoms. The zero-order valence-corrected chi connectivity index (χ0v) is 22.4. The molecule has 2 N–H and O–H groups in total. The van der Waals surface area contributed by atoms with Gasteiger partial charge in [-0.2, -0.15) is 5.26 Å². The molecule has 2 aromatic carbocycles. The van der Waals surface area contributed by atoms with E-state index in [9.17, 15) is 10.1 Å². The van der Waals surface area contributed by atoms with E-state index < -0.39 is 5.92 Å². The number of benzene rings is 2. The number of carbonyl (C=O) groups excluding carboxylic acids is 1. The van der Waals surface area contributed by atoms with Gasteiger partial charge in [-0.1, -0.05) is 87.9 Å². The average molecular weight is 504 g/mol. The molecule has 2 aromatic rings. The van der Waals surface area contributed by atoms with Crippen molar-refractivity contribution in [3.63, 3.8) is 0 Å². The maximum absolute atomic E-state index is 13.6. The molecule has 1 amide bonds. The molecule has 0 fully saturated rings. The largest absolute Gasteiger partial charge is 0.495 e. The fourth-order valence-electron chi connectivity index (χ4n) is 4.48. The molecule has 0 saturated carbocycles. The van der Waals surface area contributed by atoms with Crippen LogP contribution in [0.5, 0.6) is 5.75 Å². The second kappa shape index (κ2) is 14.4. The van der Waals surface area contributed by atoms with Crippen LogP contribution in [-0.4, -0.2) is 18.8 Å². The van der Waals surface area contributed by atoms with E-state index in [2.05, 4.69) is 23.6 Å². The van der Waals surface area contributed by atoms with Crippen molar-refractivity contribution in [1.82, 2.24) is 5.32 Å². The van der Waals surface area contributed by atoms with Crippen LogP contribution < -0.4 is 15.4 Å². The first-order chi connectivity index (χ1) is 17.6. The highest BCUT2D eigenvalue weighted by atomic mass is 32.2. The van der Waals surface area contributed by atoms with Crippen molar-refractivity contribution < 1.29 is 9.53 Å². The summed E-state index contributed by atoms with van der Waals surface area (Å²) in [4.78, 5) is 13.6. The van der Waals surface area contributed by atoms with Gasteiger partial charge in [-0.15, -0.1) is 11.8 Å². The molecular weight excluding hydrogens is 466 g/mol. The third-order valence-corrected chi connectivity index (χ3v) is 7.48.